The predicted octanol–water partition coefficient (Wildman–Crippen LogP) is 9.17. The van der Waals surface area contributed by atoms with Gasteiger partial charge < -0.3 is 14.2 Å². The summed E-state index contributed by atoms with van der Waals surface area (Å²) >= 11 is 0. The first-order valence-corrected chi connectivity index (χ1v) is 15.4. The van der Waals surface area contributed by atoms with Gasteiger partial charge in [0.05, 0.1) is 23.8 Å². The third-order valence-corrected chi connectivity index (χ3v) is 6.92. The second kappa shape index (κ2) is 18.4. The van der Waals surface area contributed by atoms with E-state index in [0.29, 0.717) is 16.9 Å². The van der Waals surface area contributed by atoms with Crippen LogP contribution < -0.4 is 9.47 Å². The van der Waals surface area contributed by atoms with Crippen LogP contribution >= 0.6 is 0 Å². The summed E-state index contributed by atoms with van der Waals surface area (Å²) in [6, 6.07) is 21.2. The quantitative estimate of drug-likeness (QED) is 0.0746. The van der Waals surface area contributed by atoms with Crippen LogP contribution in [0.2, 0.25) is 0 Å². The minimum atomic E-state index is -0.480. The molecule has 5 heteroatoms. The van der Waals surface area contributed by atoms with E-state index >= 15 is 0 Å². The van der Waals surface area contributed by atoms with Gasteiger partial charge in [-0.05, 0) is 99.0 Å². The van der Waals surface area contributed by atoms with Crippen LogP contribution in [-0.2, 0) is 4.74 Å². The zero-order valence-corrected chi connectivity index (χ0v) is 25.3. The number of benzene rings is 3. The maximum absolute atomic E-state index is 12.6. The van der Waals surface area contributed by atoms with Crippen molar-refractivity contribution in [2.45, 2.75) is 91.1 Å². The van der Waals surface area contributed by atoms with Crippen LogP contribution in [0.1, 0.15) is 117 Å². The van der Waals surface area contributed by atoms with Crippen LogP contribution in [-0.4, -0.2) is 24.6 Å². The van der Waals surface area contributed by atoms with Crippen molar-refractivity contribution in [3.63, 3.8) is 0 Å². The van der Waals surface area contributed by atoms with Gasteiger partial charge in [0.1, 0.15) is 11.5 Å². The molecule has 0 saturated heterocycles. The van der Waals surface area contributed by atoms with Crippen molar-refractivity contribution in [3.05, 3.63) is 95.1 Å². The van der Waals surface area contributed by atoms with E-state index in [0.717, 1.165) is 49.2 Å². The Bertz CT molecular complexity index is 1280. The number of carbonyl (C=O) groups is 2. The summed E-state index contributed by atoms with van der Waals surface area (Å²) in [5.41, 5.74) is 2.53. The van der Waals surface area contributed by atoms with Crippen molar-refractivity contribution < 1.29 is 23.8 Å². The molecule has 3 rings (SSSR count). The summed E-state index contributed by atoms with van der Waals surface area (Å²) in [5, 5.41) is 0. The number of carbonyl (C=O) groups excluding carboxylic acids is 2. The van der Waals surface area contributed by atoms with E-state index in [9.17, 15) is 9.59 Å². The topological polar surface area (TPSA) is 61.8 Å². The maximum Gasteiger partial charge on any atom is 0.343 e. The molecule has 0 aliphatic carbocycles. The van der Waals surface area contributed by atoms with E-state index in [1.54, 1.807) is 48.5 Å². The fourth-order valence-corrected chi connectivity index (χ4v) is 4.36. The van der Waals surface area contributed by atoms with E-state index in [4.69, 9.17) is 14.2 Å². The van der Waals surface area contributed by atoms with Gasteiger partial charge in [-0.15, -0.1) is 0 Å². The Balaban J connectivity index is 1.45. The highest BCUT2D eigenvalue weighted by atomic mass is 16.5. The summed E-state index contributed by atoms with van der Waals surface area (Å²) in [4.78, 5) is 25.0. The molecular weight excluding hydrogens is 524 g/mol. The van der Waals surface area contributed by atoms with Gasteiger partial charge in [-0.2, -0.15) is 0 Å². The summed E-state index contributed by atoms with van der Waals surface area (Å²) in [6.07, 6.45) is 11.4. The van der Waals surface area contributed by atoms with Gasteiger partial charge in [0.25, 0.3) is 0 Å². The van der Waals surface area contributed by atoms with Gasteiger partial charge in [0.2, 0.25) is 0 Å². The Morgan fingerprint density at radius 1 is 0.619 bits per heavy atom. The average molecular weight is 569 g/mol. The smallest absolute Gasteiger partial charge is 0.343 e. The molecule has 1 atom stereocenters. The molecule has 0 aliphatic rings. The highest BCUT2D eigenvalue weighted by Crippen LogP contribution is 2.17. The molecule has 0 bridgehead atoms. The van der Waals surface area contributed by atoms with Crippen molar-refractivity contribution >= 4 is 11.9 Å². The van der Waals surface area contributed by atoms with E-state index in [-0.39, 0.29) is 12.1 Å². The van der Waals surface area contributed by atoms with Crippen molar-refractivity contribution in [2.24, 2.45) is 0 Å². The molecule has 0 aliphatic heterocycles. The standard InChI is InChI=1S/C37H44O5/c1-4-6-8-10-12-28-40-34-24-18-31(19-25-34)15-14-30-16-20-32(21-17-30)37(39)42-35-26-22-33(23-27-35)36(38)41-29(3)13-11-9-7-5-2/h16-27,29H,4-13,28H2,1-3H3. The normalized spacial score (nSPS) is 11.2. The number of unbranched alkanes of at least 4 members (excludes halogenated alkanes) is 7. The molecule has 0 radical (unpaired) electrons. The lowest BCUT2D eigenvalue weighted by molar-refractivity contribution is 0.0319. The number of hydrogen-bond donors (Lipinski definition) is 0. The molecule has 0 spiro atoms. The monoisotopic (exact) mass is 568 g/mol. The second-order valence-electron chi connectivity index (χ2n) is 10.6. The zero-order valence-electron chi connectivity index (χ0n) is 25.3. The molecule has 5 nitrogen and oxygen atoms in total. The molecule has 1 unspecified atom stereocenters. The first-order valence-electron chi connectivity index (χ1n) is 15.4. The Hall–Kier alpha value is -4.04. The second-order valence-corrected chi connectivity index (χ2v) is 10.6. The highest BCUT2D eigenvalue weighted by molar-refractivity contribution is 5.92. The van der Waals surface area contributed by atoms with Crippen LogP contribution in [0, 0.1) is 11.8 Å². The lowest BCUT2D eigenvalue weighted by Crippen LogP contribution is -2.15. The molecule has 0 N–H and O–H groups in total. The zero-order chi connectivity index (χ0) is 30.0. The Morgan fingerprint density at radius 2 is 1.12 bits per heavy atom. The van der Waals surface area contributed by atoms with Gasteiger partial charge in [-0.25, -0.2) is 9.59 Å². The molecule has 3 aromatic carbocycles. The van der Waals surface area contributed by atoms with Gasteiger partial charge in [-0.1, -0.05) is 70.6 Å². The fraction of sp³-hybridized carbons (Fsp3) is 0.405. The summed E-state index contributed by atoms with van der Waals surface area (Å²) in [5.74, 6) is 6.64. The third kappa shape index (κ3) is 11.8. The minimum Gasteiger partial charge on any atom is -0.494 e. The van der Waals surface area contributed by atoms with E-state index < -0.39 is 5.97 Å². The summed E-state index contributed by atoms with van der Waals surface area (Å²) < 4.78 is 16.8. The van der Waals surface area contributed by atoms with Crippen LogP contribution in [0.5, 0.6) is 11.5 Å². The SMILES string of the molecule is CCCCCCCOc1ccc(C#Cc2ccc(C(=O)Oc3ccc(C(=O)OC(C)CCCCCC)cc3)cc2)cc1. The molecule has 3 aromatic rings. The molecule has 42 heavy (non-hydrogen) atoms. The number of esters is 2. The van der Waals surface area contributed by atoms with Crippen LogP contribution in [0.4, 0.5) is 0 Å². The van der Waals surface area contributed by atoms with Crippen molar-refractivity contribution in [3.8, 4) is 23.3 Å². The van der Waals surface area contributed by atoms with Gasteiger partial charge >= 0.3 is 11.9 Å². The lowest BCUT2D eigenvalue weighted by atomic mass is 10.1. The van der Waals surface area contributed by atoms with Gasteiger partial charge in [0.15, 0.2) is 0 Å². The minimum absolute atomic E-state index is 0.130. The fourth-order valence-electron chi connectivity index (χ4n) is 4.36. The predicted molar refractivity (Wildman–Crippen MR) is 168 cm³/mol. The van der Waals surface area contributed by atoms with Gasteiger partial charge in [0, 0.05) is 11.1 Å². The number of rotatable bonds is 16. The van der Waals surface area contributed by atoms with Crippen LogP contribution in [0.15, 0.2) is 72.8 Å². The molecule has 0 saturated carbocycles. The molecule has 0 aromatic heterocycles. The molecule has 0 fully saturated rings. The first-order chi connectivity index (χ1) is 20.5. The van der Waals surface area contributed by atoms with E-state index in [1.807, 2.05) is 31.2 Å². The van der Waals surface area contributed by atoms with Gasteiger partial charge in [-0.3, -0.25) is 0 Å². The summed E-state index contributed by atoms with van der Waals surface area (Å²) in [6.45, 7) is 7.04. The van der Waals surface area contributed by atoms with E-state index in [1.165, 1.54) is 38.5 Å². The Morgan fingerprint density at radius 3 is 1.74 bits per heavy atom. The third-order valence-electron chi connectivity index (χ3n) is 6.92. The lowest BCUT2D eigenvalue weighted by Gasteiger charge is -2.13. The highest BCUT2D eigenvalue weighted by Gasteiger charge is 2.13. The van der Waals surface area contributed by atoms with Crippen LogP contribution in [0.25, 0.3) is 0 Å². The number of hydrogen-bond acceptors (Lipinski definition) is 5. The van der Waals surface area contributed by atoms with Crippen molar-refractivity contribution in [2.75, 3.05) is 6.61 Å². The van der Waals surface area contributed by atoms with E-state index in [2.05, 4.69) is 25.7 Å². The molecular formula is C37H44O5. The maximum atomic E-state index is 12.6. The largest absolute Gasteiger partial charge is 0.494 e. The number of ether oxygens (including phenoxy) is 3. The molecule has 222 valence electrons. The first kappa shape index (κ1) is 32.5. The van der Waals surface area contributed by atoms with Crippen molar-refractivity contribution in [1.29, 1.82) is 0 Å². The molecule has 0 heterocycles. The average Bonchev–Trinajstić information content (AvgIpc) is 3.01. The summed E-state index contributed by atoms with van der Waals surface area (Å²) in [7, 11) is 0. The Kier molecular flexibility index (Phi) is 14.2. The Labute approximate surface area is 251 Å². The van der Waals surface area contributed by atoms with Crippen LogP contribution in [0.3, 0.4) is 0 Å². The van der Waals surface area contributed by atoms with Crippen molar-refractivity contribution in [1.82, 2.24) is 0 Å². The molecule has 0 amide bonds.